The summed E-state index contributed by atoms with van der Waals surface area (Å²) in [6.45, 7) is 3.14. The number of ether oxygens (including phenoxy) is 1. The maximum absolute atomic E-state index is 11.9. The maximum atomic E-state index is 11.9. The number of alkyl halides is 1. The Kier molecular flexibility index (Phi) is 5.91. The number of aryl methyl sites for hydroxylation is 1. The number of carbonyl (C=O) groups is 2. The summed E-state index contributed by atoms with van der Waals surface area (Å²) in [6.07, 6.45) is 1.79. The van der Waals surface area contributed by atoms with E-state index in [1.807, 2.05) is 6.92 Å². The highest BCUT2D eigenvalue weighted by atomic mass is 35.5. The predicted octanol–water partition coefficient (Wildman–Crippen LogP) is 2.62. The molecule has 7 nitrogen and oxygen atoms in total. The molecular formula is C19H21ClN4O3. The number of aromatic nitrogens is 2. The number of benzene rings is 1. The Morgan fingerprint density at radius 3 is 2.70 bits per heavy atom. The minimum Gasteiger partial charge on any atom is -0.439 e. The number of hydrogen-bond acceptors (Lipinski definition) is 5. The van der Waals surface area contributed by atoms with Crippen LogP contribution in [-0.2, 0) is 4.79 Å². The average molecular weight is 389 g/mol. The molecule has 8 heteroatoms. The molecule has 1 aliphatic heterocycles. The molecule has 27 heavy (non-hydrogen) atoms. The Labute approximate surface area is 162 Å². The van der Waals surface area contributed by atoms with Gasteiger partial charge >= 0.3 is 0 Å². The summed E-state index contributed by atoms with van der Waals surface area (Å²) in [5.74, 6) is 1.10. The third kappa shape index (κ3) is 4.74. The quantitative estimate of drug-likeness (QED) is 0.794. The van der Waals surface area contributed by atoms with Crippen LogP contribution in [0, 0.1) is 6.92 Å². The first-order valence-electron chi connectivity index (χ1n) is 8.73. The molecule has 0 bridgehead atoms. The van der Waals surface area contributed by atoms with Gasteiger partial charge in [0, 0.05) is 36.3 Å². The second-order valence-corrected chi connectivity index (χ2v) is 6.78. The fourth-order valence-electron chi connectivity index (χ4n) is 3.10. The Bertz CT molecular complexity index is 841. The summed E-state index contributed by atoms with van der Waals surface area (Å²) in [6, 6.07) is 8.28. The number of halogens is 1. The third-order valence-electron chi connectivity index (χ3n) is 4.46. The van der Waals surface area contributed by atoms with E-state index in [4.69, 9.17) is 22.1 Å². The number of likely N-dealkylation sites (tertiary alicyclic amines) is 1. The molecule has 3 rings (SSSR count). The van der Waals surface area contributed by atoms with Crippen LogP contribution in [0.1, 0.15) is 40.6 Å². The lowest BCUT2D eigenvalue weighted by atomic mass is 9.97. The number of nitrogens with two attached hydrogens (primary N) is 1. The molecule has 2 heterocycles. The van der Waals surface area contributed by atoms with Crippen LogP contribution in [0.15, 0.2) is 30.3 Å². The number of rotatable bonds is 5. The maximum Gasteiger partial charge on any atom is 0.248 e. The molecule has 1 unspecified atom stereocenters. The summed E-state index contributed by atoms with van der Waals surface area (Å²) in [5.41, 5.74) is 6.44. The summed E-state index contributed by atoms with van der Waals surface area (Å²) < 4.78 is 5.82. The SMILES string of the molecule is Cc1cc(Oc2ccc(C(N)=O)cc2)nc(C2CCCN(C(=O)CCl)C2)n1. The number of amides is 2. The molecular weight excluding hydrogens is 368 g/mol. The molecule has 0 saturated carbocycles. The highest BCUT2D eigenvalue weighted by Gasteiger charge is 2.26. The van der Waals surface area contributed by atoms with Crippen molar-refractivity contribution in [2.45, 2.75) is 25.7 Å². The van der Waals surface area contributed by atoms with Crippen molar-refractivity contribution in [1.82, 2.24) is 14.9 Å². The van der Waals surface area contributed by atoms with Crippen LogP contribution >= 0.6 is 11.6 Å². The molecule has 1 atom stereocenters. The van der Waals surface area contributed by atoms with Gasteiger partial charge in [-0.2, -0.15) is 4.98 Å². The Balaban J connectivity index is 1.77. The molecule has 1 aromatic carbocycles. The fourth-order valence-corrected chi connectivity index (χ4v) is 3.27. The van der Waals surface area contributed by atoms with Gasteiger partial charge in [-0.15, -0.1) is 11.6 Å². The van der Waals surface area contributed by atoms with Gasteiger partial charge < -0.3 is 15.4 Å². The van der Waals surface area contributed by atoms with Crippen molar-refractivity contribution in [3.63, 3.8) is 0 Å². The van der Waals surface area contributed by atoms with Gasteiger partial charge in [0.1, 0.15) is 17.5 Å². The van der Waals surface area contributed by atoms with Crippen LogP contribution in [0.5, 0.6) is 11.6 Å². The zero-order valence-electron chi connectivity index (χ0n) is 15.0. The van der Waals surface area contributed by atoms with Gasteiger partial charge in [0.25, 0.3) is 0 Å². The van der Waals surface area contributed by atoms with Gasteiger partial charge in [0.15, 0.2) is 0 Å². The predicted molar refractivity (Wildman–Crippen MR) is 101 cm³/mol. The highest BCUT2D eigenvalue weighted by molar-refractivity contribution is 6.27. The van der Waals surface area contributed by atoms with E-state index in [1.54, 1.807) is 35.2 Å². The zero-order chi connectivity index (χ0) is 19.4. The average Bonchev–Trinajstić information content (AvgIpc) is 2.67. The number of primary amides is 1. The van der Waals surface area contributed by atoms with Crippen molar-refractivity contribution in [3.05, 3.63) is 47.4 Å². The van der Waals surface area contributed by atoms with Crippen molar-refractivity contribution in [2.75, 3.05) is 19.0 Å². The van der Waals surface area contributed by atoms with Crippen molar-refractivity contribution in [3.8, 4) is 11.6 Å². The van der Waals surface area contributed by atoms with Gasteiger partial charge in [-0.25, -0.2) is 4.98 Å². The largest absolute Gasteiger partial charge is 0.439 e. The lowest BCUT2D eigenvalue weighted by molar-refractivity contribution is -0.129. The molecule has 1 saturated heterocycles. The summed E-state index contributed by atoms with van der Waals surface area (Å²) in [4.78, 5) is 33.9. The molecule has 142 valence electrons. The fraction of sp³-hybridized carbons (Fsp3) is 0.368. The Morgan fingerprint density at radius 1 is 1.30 bits per heavy atom. The van der Waals surface area contributed by atoms with E-state index >= 15 is 0 Å². The first kappa shape index (κ1) is 19.1. The van der Waals surface area contributed by atoms with E-state index in [1.165, 1.54) is 0 Å². The van der Waals surface area contributed by atoms with Crippen molar-refractivity contribution in [2.24, 2.45) is 5.73 Å². The topological polar surface area (TPSA) is 98.4 Å². The zero-order valence-corrected chi connectivity index (χ0v) is 15.8. The minimum atomic E-state index is -0.491. The number of carbonyl (C=O) groups excluding carboxylic acids is 2. The molecule has 1 aromatic heterocycles. The van der Waals surface area contributed by atoms with Gasteiger partial charge in [0.2, 0.25) is 17.7 Å². The summed E-state index contributed by atoms with van der Waals surface area (Å²) >= 11 is 5.68. The van der Waals surface area contributed by atoms with Crippen molar-refractivity contribution < 1.29 is 14.3 Å². The molecule has 0 spiro atoms. The van der Waals surface area contributed by atoms with Crippen LogP contribution < -0.4 is 10.5 Å². The molecule has 2 N–H and O–H groups in total. The number of nitrogens with zero attached hydrogens (tertiary/aromatic N) is 3. The third-order valence-corrected chi connectivity index (χ3v) is 4.69. The van der Waals surface area contributed by atoms with Crippen LogP contribution in [0.3, 0.4) is 0 Å². The van der Waals surface area contributed by atoms with Gasteiger partial charge in [-0.05, 0) is 44.0 Å². The Hall–Kier alpha value is -2.67. The standard InChI is InChI=1S/C19H21ClN4O3/c1-12-9-16(27-15-6-4-13(5-7-15)18(21)26)23-19(22-12)14-3-2-8-24(11-14)17(25)10-20/h4-7,9,14H,2-3,8,10-11H2,1H3,(H2,21,26). The van der Waals surface area contributed by atoms with E-state index in [9.17, 15) is 9.59 Å². The molecule has 1 fully saturated rings. The van der Waals surface area contributed by atoms with Crippen LogP contribution in [-0.4, -0.2) is 45.7 Å². The van der Waals surface area contributed by atoms with E-state index in [-0.39, 0.29) is 17.7 Å². The molecule has 0 radical (unpaired) electrons. The normalized spacial score (nSPS) is 16.8. The lowest BCUT2D eigenvalue weighted by Gasteiger charge is -2.31. The molecule has 2 aromatic rings. The van der Waals surface area contributed by atoms with Crippen LogP contribution in [0.2, 0.25) is 0 Å². The smallest absolute Gasteiger partial charge is 0.248 e. The Morgan fingerprint density at radius 2 is 2.04 bits per heavy atom. The van der Waals surface area contributed by atoms with Gasteiger partial charge in [0.05, 0.1) is 0 Å². The molecule has 2 amide bonds. The lowest BCUT2D eigenvalue weighted by Crippen LogP contribution is -2.40. The number of piperidine rings is 1. The summed E-state index contributed by atoms with van der Waals surface area (Å²) in [7, 11) is 0. The van der Waals surface area contributed by atoms with E-state index in [0.717, 1.165) is 18.5 Å². The first-order chi connectivity index (χ1) is 13.0. The second-order valence-electron chi connectivity index (χ2n) is 6.51. The van der Waals surface area contributed by atoms with Gasteiger partial charge in [-0.1, -0.05) is 0 Å². The van der Waals surface area contributed by atoms with Crippen molar-refractivity contribution >= 4 is 23.4 Å². The highest BCUT2D eigenvalue weighted by Crippen LogP contribution is 2.28. The van der Waals surface area contributed by atoms with Gasteiger partial charge in [-0.3, -0.25) is 9.59 Å². The molecule has 1 aliphatic rings. The summed E-state index contributed by atoms with van der Waals surface area (Å²) in [5, 5.41) is 0. The monoisotopic (exact) mass is 388 g/mol. The van der Waals surface area contributed by atoms with Crippen molar-refractivity contribution in [1.29, 1.82) is 0 Å². The van der Waals surface area contributed by atoms with E-state index < -0.39 is 5.91 Å². The molecule has 0 aliphatic carbocycles. The second kappa shape index (κ2) is 8.35. The van der Waals surface area contributed by atoms with Crippen LogP contribution in [0.25, 0.3) is 0 Å². The minimum absolute atomic E-state index is 0.0168. The van der Waals surface area contributed by atoms with E-state index in [0.29, 0.717) is 36.1 Å². The van der Waals surface area contributed by atoms with Crippen LogP contribution in [0.4, 0.5) is 0 Å². The number of hydrogen-bond donors (Lipinski definition) is 1. The first-order valence-corrected chi connectivity index (χ1v) is 9.26. The van der Waals surface area contributed by atoms with E-state index in [2.05, 4.69) is 9.97 Å².